The molecule has 6 nitrogen and oxygen atoms in total. The number of hydrogen-bond donors (Lipinski definition) is 1. The van der Waals surface area contributed by atoms with Crippen LogP contribution in [-0.4, -0.2) is 45.3 Å². The van der Waals surface area contributed by atoms with E-state index in [1.54, 1.807) is 35.2 Å². The Balaban J connectivity index is 1.66. The Bertz CT molecular complexity index is 946. The van der Waals surface area contributed by atoms with E-state index in [9.17, 15) is 18.0 Å². The van der Waals surface area contributed by atoms with Crippen LogP contribution in [0.15, 0.2) is 36.4 Å². The molecule has 1 aromatic carbocycles. The second-order valence-electron chi connectivity index (χ2n) is 8.36. The summed E-state index contributed by atoms with van der Waals surface area (Å²) in [5, 5.41) is 16.4. The maximum absolute atomic E-state index is 13.5. The highest BCUT2D eigenvalue weighted by Crippen LogP contribution is 2.33. The molecule has 1 aliphatic rings. The van der Waals surface area contributed by atoms with Crippen molar-refractivity contribution in [2.24, 2.45) is 0 Å². The minimum absolute atomic E-state index is 0.0334. The molecule has 1 N–H and O–H groups in total. The van der Waals surface area contributed by atoms with Crippen LogP contribution in [-0.2, 0) is 17.5 Å². The van der Waals surface area contributed by atoms with Crippen molar-refractivity contribution < 1.29 is 18.0 Å². The topological polar surface area (TPSA) is 74.0 Å². The number of aromatic nitrogens is 2. The molecule has 0 aliphatic carbocycles. The Labute approximate surface area is 179 Å². The van der Waals surface area contributed by atoms with Gasteiger partial charge in [0, 0.05) is 24.2 Å². The SMILES string of the molecule is CC(C)(CCn1nc(-c2ccccc2)cc1C(F)(F)F)NCC(=O)N1CCCC1C#N. The lowest BCUT2D eigenvalue weighted by atomic mass is 10.0. The summed E-state index contributed by atoms with van der Waals surface area (Å²) in [6.07, 6.45) is -2.71. The molecule has 1 fully saturated rings. The molecular formula is C22H26F3N5O. The van der Waals surface area contributed by atoms with Crippen LogP contribution >= 0.6 is 0 Å². The first-order valence-corrected chi connectivity index (χ1v) is 10.3. The Morgan fingerprint density at radius 2 is 2.00 bits per heavy atom. The Kier molecular flexibility index (Phi) is 6.70. The maximum Gasteiger partial charge on any atom is 0.433 e. The Morgan fingerprint density at radius 3 is 2.65 bits per heavy atom. The number of rotatable bonds is 7. The van der Waals surface area contributed by atoms with E-state index in [2.05, 4.69) is 16.5 Å². The predicted molar refractivity (Wildman–Crippen MR) is 110 cm³/mol. The van der Waals surface area contributed by atoms with Crippen molar-refractivity contribution in [2.75, 3.05) is 13.1 Å². The van der Waals surface area contributed by atoms with Crippen molar-refractivity contribution in [2.45, 2.75) is 57.4 Å². The first-order chi connectivity index (χ1) is 14.6. The van der Waals surface area contributed by atoms with Crippen LogP contribution in [0, 0.1) is 11.3 Å². The zero-order valence-electron chi connectivity index (χ0n) is 17.6. The van der Waals surface area contributed by atoms with E-state index in [0.717, 1.165) is 17.2 Å². The molecule has 0 radical (unpaired) electrons. The number of likely N-dealkylation sites (tertiary alicyclic amines) is 1. The molecule has 1 saturated heterocycles. The van der Waals surface area contributed by atoms with E-state index in [4.69, 9.17) is 5.26 Å². The molecule has 0 saturated carbocycles. The summed E-state index contributed by atoms with van der Waals surface area (Å²) < 4.78 is 41.6. The van der Waals surface area contributed by atoms with Gasteiger partial charge in [-0.2, -0.15) is 23.5 Å². The average Bonchev–Trinajstić information content (AvgIpc) is 3.38. The number of hydrogen-bond acceptors (Lipinski definition) is 4. The molecule has 0 spiro atoms. The normalized spacial score (nSPS) is 17.0. The van der Waals surface area contributed by atoms with Crippen molar-refractivity contribution in [1.29, 1.82) is 5.26 Å². The van der Waals surface area contributed by atoms with E-state index in [1.165, 1.54) is 0 Å². The smallest absolute Gasteiger partial charge is 0.326 e. The predicted octanol–water partition coefficient (Wildman–Crippen LogP) is 3.84. The number of carbonyl (C=O) groups excluding carboxylic acids is 1. The van der Waals surface area contributed by atoms with Gasteiger partial charge in [-0.15, -0.1) is 0 Å². The lowest BCUT2D eigenvalue weighted by Crippen LogP contribution is -2.48. The van der Waals surface area contributed by atoms with E-state index < -0.39 is 23.5 Å². The van der Waals surface area contributed by atoms with Crippen LogP contribution in [0.2, 0.25) is 0 Å². The van der Waals surface area contributed by atoms with Gasteiger partial charge in [0.25, 0.3) is 0 Å². The zero-order chi connectivity index (χ0) is 22.6. The number of amides is 1. The summed E-state index contributed by atoms with van der Waals surface area (Å²) in [7, 11) is 0. The van der Waals surface area contributed by atoms with Gasteiger partial charge in [-0.25, -0.2) is 0 Å². The van der Waals surface area contributed by atoms with Gasteiger partial charge in [0.2, 0.25) is 5.91 Å². The van der Waals surface area contributed by atoms with Crippen molar-refractivity contribution in [3.8, 4) is 17.3 Å². The number of nitrogens with one attached hydrogen (secondary N) is 1. The third kappa shape index (κ3) is 5.64. The highest BCUT2D eigenvalue weighted by atomic mass is 19.4. The minimum atomic E-state index is -4.52. The summed E-state index contributed by atoms with van der Waals surface area (Å²) in [6.45, 7) is 4.30. The summed E-state index contributed by atoms with van der Waals surface area (Å²) in [6, 6.07) is 11.5. The fourth-order valence-electron chi connectivity index (χ4n) is 3.66. The lowest BCUT2D eigenvalue weighted by Gasteiger charge is -2.28. The van der Waals surface area contributed by atoms with Gasteiger partial charge >= 0.3 is 6.18 Å². The zero-order valence-corrected chi connectivity index (χ0v) is 17.6. The van der Waals surface area contributed by atoms with Crippen LogP contribution in [0.1, 0.15) is 38.8 Å². The molecule has 1 atom stereocenters. The largest absolute Gasteiger partial charge is 0.433 e. The van der Waals surface area contributed by atoms with Gasteiger partial charge < -0.3 is 10.2 Å². The van der Waals surface area contributed by atoms with E-state index in [-0.39, 0.29) is 24.7 Å². The van der Waals surface area contributed by atoms with E-state index in [0.29, 0.717) is 24.9 Å². The standard InChI is InChI=1S/C22H26F3N5O/c1-21(2,27-15-20(31)29-11-6-9-17(29)14-26)10-12-30-19(22(23,24)25)13-18(28-30)16-7-4-3-5-8-16/h3-5,7-8,13,17,27H,6,9-12,15H2,1-2H3. The van der Waals surface area contributed by atoms with Crippen LogP contribution in [0.4, 0.5) is 13.2 Å². The van der Waals surface area contributed by atoms with Crippen molar-refractivity contribution in [3.05, 3.63) is 42.1 Å². The fourth-order valence-corrected chi connectivity index (χ4v) is 3.66. The van der Waals surface area contributed by atoms with Gasteiger partial charge in [0.05, 0.1) is 18.3 Å². The number of nitriles is 1. The molecule has 1 aliphatic heterocycles. The van der Waals surface area contributed by atoms with Crippen molar-refractivity contribution >= 4 is 5.91 Å². The quantitative estimate of drug-likeness (QED) is 0.720. The summed E-state index contributed by atoms with van der Waals surface area (Å²) in [5.74, 6) is -0.168. The van der Waals surface area contributed by atoms with Gasteiger partial charge in [-0.05, 0) is 39.2 Å². The molecule has 1 amide bonds. The van der Waals surface area contributed by atoms with E-state index >= 15 is 0 Å². The lowest BCUT2D eigenvalue weighted by molar-refractivity contribution is -0.144. The third-order valence-corrected chi connectivity index (χ3v) is 5.53. The molecule has 31 heavy (non-hydrogen) atoms. The molecule has 2 aromatic rings. The molecule has 3 rings (SSSR count). The van der Waals surface area contributed by atoms with Crippen LogP contribution < -0.4 is 5.32 Å². The number of aryl methyl sites for hydroxylation is 1. The molecule has 9 heteroatoms. The summed E-state index contributed by atoms with van der Waals surface area (Å²) in [4.78, 5) is 14.0. The molecule has 1 aromatic heterocycles. The van der Waals surface area contributed by atoms with Gasteiger partial charge in [-0.3, -0.25) is 9.48 Å². The van der Waals surface area contributed by atoms with Gasteiger partial charge in [-0.1, -0.05) is 30.3 Å². The second kappa shape index (κ2) is 9.10. The molecular weight excluding hydrogens is 407 g/mol. The van der Waals surface area contributed by atoms with Crippen LogP contribution in [0.5, 0.6) is 0 Å². The molecule has 2 heterocycles. The first kappa shape index (κ1) is 22.8. The van der Waals surface area contributed by atoms with Gasteiger partial charge in [0.15, 0.2) is 0 Å². The number of halogens is 3. The molecule has 1 unspecified atom stereocenters. The third-order valence-electron chi connectivity index (χ3n) is 5.53. The van der Waals surface area contributed by atoms with E-state index in [1.807, 2.05) is 13.8 Å². The fraction of sp³-hybridized carbons (Fsp3) is 0.500. The highest BCUT2D eigenvalue weighted by molar-refractivity contribution is 5.79. The number of nitrogens with zero attached hydrogens (tertiary/aromatic N) is 4. The van der Waals surface area contributed by atoms with Crippen LogP contribution in [0.25, 0.3) is 11.3 Å². The number of carbonyl (C=O) groups is 1. The number of alkyl halides is 3. The second-order valence-corrected chi connectivity index (χ2v) is 8.36. The first-order valence-electron chi connectivity index (χ1n) is 10.3. The Morgan fingerprint density at radius 1 is 1.29 bits per heavy atom. The van der Waals surface area contributed by atoms with Crippen molar-refractivity contribution in [3.63, 3.8) is 0 Å². The van der Waals surface area contributed by atoms with Crippen molar-refractivity contribution in [1.82, 2.24) is 20.0 Å². The summed E-state index contributed by atoms with van der Waals surface area (Å²) >= 11 is 0. The summed E-state index contributed by atoms with van der Waals surface area (Å²) in [5.41, 5.74) is -0.510. The highest BCUT2D eigenvalue weighted by Gasteiger charge is 2.36. The Hall–Kier alpha value is -2.86. The number of benzene rings is 1. The van der Waals surface area contributed by atoms with Crippen LogP contribution in [0.3, 0.4) is 0 Å². The van der Waals surface area contributed by atoms with Gasteiger partial charge in [0.1, 0.15) is 11.7 Å². The molecule has 0 bridgehead atoms. The average molecular weight is 433 g/mol. The maximum atomic E-state index is 13.5. The minimum Gasteiger partial charge on any atom is -0.326 e. The molecule has 166 valence electrons. The monoisotopic (exact) mass is 433 g/mol.